The van der Waals surface area contributed by atoms with Crippen LogP contribution in [0.25, 0.3) is 0 Å². The molecule has 0 radical (unpaired) electrons. The first-order valence-electron chi connectivity index (χ1n) is 7.94. The SMILES string of the molecule is Nc1cc(O)ccc1NC(=O)C12CC3CC(CC(C3)C1)C2. The number of phenolic OH excluding ortho intramolecular Hbond substituents is 1. The van der Waals surface area contributed by atoms with Gasteiger partial charge < -0.3 is 16.2 Å². The van der Waals surface area contributed by atoms with E-state index in [1.54, 1.807) is 12.1 Å². The maximum atomic E-state index is 12.9. The monoisotopic (exact) mass is 286 g/mol. The van der Waals surface area contributed by atoms with E-state index >= 15 is 0 Å². The van der Waals surface area contributed by atoms with Gasteiger partial charge in [-0.15, -0.1) is 0 Å². The molecule has 0 saturated heterocycles. The van der Waals surface area contributed by atoms with E-state index in [0.29, 0.717) is 11.4 Å². The smallest absolute Gasteiger partial charge is 0.230 e. The molecule has 4 nitrogen and oxygen atoms in total. The van der Waals surface area contributed by atoms with Crippen LogP contribution in [0.5, 0.6) is 5.75 Å². The van der Waals surface area contributed by atoms with Gasteiger partial charge in [0.2, 0.25) is 5.91 Å². The van der Waals surface area contributed by atoms with Crippen molar-refractivity contribution >= 4 is 17.3 Å². The summed E-state index contributed by atoms with van der Waals surface area (Å²) in [6, 6.07) is 4.73. The fraction of sp³-hybridized carbons (Fsp3) is 0.588. The van der Waals surface area contributed by atoms with Crippen LogP contribution in [-0.2, 0) is 4.79 Å². The van der Waals surface area contributed by atoms with Crippen molar-refractivity contribution in [2.24, 2.45) is 23.2 Å². The fourth-order valence-corrected chi connectivity index (χ4v) is 5.31. The van der Waals surface area contributed by atoms with Crippen LogP contribution in [0.2, 0.25) is 0 Å². The van der Waals surface area contributed by atoms with Gasteiger partial charge >= 0.3 is 0 Å². The second-order valence-electron chi connectivity index (χ2n) is 7.42. The Balaban J connectivity index is 1.57. The van der Waals surface area contributed by atoms with E-state index < -0.39 is 0 Å². The van der Waals surface area contributed by atoms with Crippen molar-refractivity contribution in [2.45, 2.75) is 38.5 Å². The van der Waals surface area contributed by atoms with Crippen LogP contribution in [0.3, 0.4) is 0 Å². The molecule has 0 heterocycles. The van der Waals surface area contributed by atoms with Crippen LogP contribution < -0.4 is 11.1 Å². The van der Waals surface area contributed by atoms with Crippen molar-refractivity contribution in [3.8, 4) is 5.75 Å². The quantitative estimate of drug-likeness (QED) is 0.577. The highest BCUT2D eigenvalue weighted by atomic mass is 16.3. The third-order valence-electron chi connectivity index (χ3n) is 5.80. The summed E-state index contributed by atoms with van der Waals surface area (Å²) >= 11 is 0. The number of phenols is 1. The molecular weight excluding hydrogens is 264 g/mol. The first-order chi connectivity index (χ1) is 10.0. The zero-order valence-electron chi connectivity index (χ0n) is 12.1. The molecule has 21 heavy (non-hydrogen) atoms. The molecule has 0 aromatic heterocycles. The van der Waals surface area contributed by atoms with Gasteiger partial charge in [0.1, 0.15) is 5.75 Å². The van der Waals surface area contributed by atoms with Crippen molar-refractivity contribution in [1.82, 2.24) is 0 Å². The van der Waals surface area contributed by atoms with Crippen LogP contribution in [0.1, 0.15) is 38.5 Å². The summed E-state index contributed by atoms with van der Waals surface area (Å²) in [6.07, 6.45) is 7.12. The standard InChI is InChI=1S/C17H22N2O2/c18-14-6-13(20)1-2-15(14)19-16(21)17-7-10-3-11(8-17)5-12(4-10)9-17/h1-2,6,10-12,20H,3-5,7-9,18H2,(H,19,21). The van der Waals surface area contributed by atoms with Gasteiger partial charge in [0, 0.05) is 6.07 Å². The highest BCUT2D eigenvalue weighted by molar-refractivity contribution is 5.98. The molecule has 4 saturated carbocycles. The van der Waals surface area contributed by atoms with Gasteiger partial charge in [-0.05, 0) is 68.4 Å². The van der Waals surface area contributed by atoms with E-state index in [-0.39, 0.29) is 17.1 Å². The molecule has 0 spiro atoms. The average Bonchev–Trinajstić information content (AvgIpc) is 2.40. The van der Waals surface area contributed by atoms with E-state index in [1.807, 2.05) is 0 Å². The summed E-state index contributed by atoms with van der Waals surface area (Å²) in [6.45, 7) is 0. The molecule has 4 bridgehead atoms. The fourth-order valence-electron chi connectivity index (χ4n) is 5.31. The van der Waals surface area contributed by atoms with Crippen LogP contribution >= 0.6 is 0 Å². The number of hydrogen-bond acceptors (Lipinski definition) is 3. The van der Waals surface area contributed by atoms with E-state index in [4.69, 9.17) is 5.73 Å². The summed E-state index contributed by atoms with van der Waals surface area (Å²) in [5.74, 6) is 2.51. The summed E-state index contributed by atoms with van der Waals surface area (Å²) in [5.41, 5.74) is 6.76. The molecule has 0 atom stereocenters. The number of rotatable bonds is 2. The Morgan fingerprint density at radius 2 is 1.71 bits per heavy atom. The number of nitrogen functional groups attached to an aromatic ring is 1. The number of anilines is 2. The number of hydrogen-bond donors (Lipinski definition) is 3. The van der Waals surface area contributed by atoms with Crippen molar-refractivity contribution in [3.63, 3.8) is 0 Å². The van der Waals surface area contributed by atoms with Crippen molar-refractivity contribution in [2.75, 3.05) is 11.1 Å². The molecule has 1 aromatic carbocycles. The number of amides is 1. The van der Waals surface area contributed by atoms with E-state index in [0.717, 1.165) is 37.0 Å². The molecule has 1 aromatic rings. The molecule has 0 aliphatic heterocycles. The zero-order chi connectivity index (χ0) is 14.6. The minimum atomic E-state index is -0.168. The Kier molecular flexibility index (Phi) is 2.72. The number of benzene rings is 1. The molecule has 112 valence electrons. The van der Waals surface area contributed by atoms with Gasteiger partial charge in [-0.1, -0.05) is 0 Å². The first-order valence-corrected chi connectivity index (χ1v) is 7.94. The third-order valence-corrected chi connectivity index (χ3v) is 5.80. The summed E-state index contributed by atoms with van der Waals surface area (Å²) in [7, 11) is 0. The maximum Gasteiger partial charge on any atom is 0.230 e. The molecular formula is C17H22N2O2. The Morgan fingerprint density at radius 3 is 2.24 bits per heavy atom. The molecule has 4 heteroatoms. The molecule has 0 unspecified atom stereocenters. The Hall–Kier alpha value is -1.71. The van der Waals surface area contributed by atoms with Gasteiger partial charge in [0.15, 0.2) is 0 Å². The average molecular weight is 286 g/mol. The van der Waals surface area contributed by atoms with Gasteiger partial charge in [-0.3, -0.25) is 4.79 Å². The van der Waals surface area contributed by atoms with Gasteiger partial charge in [0.25, 0.3) is 0 Å². The predicted molar refractivity (Wildman–Crippen MR) is 81.8 cm³/mol. The van der Waals surface area contributed by atoms with Gasteiger partial charge in [0.05, 0.1) is 16.8 Å². The highest BCUT2D eigenvalue weighted by Gasteiger charge is 2.54. The molecule has 1 amide bonds. The van der Waals surface area contributed by atoms with Crippen LogP contribution in [0, 0.1) is 23.2 Å². The minimum absolute atomic E-state index is 0.125. The first kappa shape index (κ1) is 13.0. The topological polar surface area (TPSA) is 75.3 Å². The normalized spacial score (nSPS) is 36.7. The molecule has 4 aliphatic carbocycles. The summed E-state index contributed by atoms with van der Waals surface area (Å²) < 4.78 is 0. The zero-order valence-corrected chi connectivity index (χ0v) is 12.1. The minimum Gasteiger partial charge on any atom is -0.508 e. The van der Waals surface area contributed by atoms with Crippen LogP contribution in [0.4, 0.5) is 11.4 Å². The van der Waals surface area contributed by atoms with Crippen LogP contribution in [-0.4, -0.2) is 11.0 Å². The number of carbonyl (C=O) groups excluding carboxylic acids is 1. The lowest BCUT2D eigenvalue weighted by Crippen LogP contribution is -2.51. The van der Waals surface area contributed by atoms with E-state index in [2.05, 4.69) is 5.32 Å². The number of nitrogens with one attached hydrogen (secondary N) is 1. The Labute approximate surface area is 124 Å². The number of carbonyl (C=O) groups is 1. The Morgan fingerprint density at radius 1 is 1.14 bits per heavy atom. The molecule has 4 aliphatic rings. The van der Waals surface area contributed by atoms with E-state index in [1.165, 1.54) is 25.3 Å². The van der Waals surface area contributed by atoms with Crippen molar-refractivity contribution in [3.05, 3.63) is 18.2 Å². The third kappa shape index (κ3) is 2.08. The largest absolute Gasteiger partial charge is 0.508 e. The maximum absolute atomic E-state index is 12.9. The highest BCUT2D eigenvalue weighted by Crippen LogP contribution is 2.60. The lowest BCUT2D eigenvalue weighted by Gasteiger charge is -2.55. The molecule has 4 N–H and O–H groups in total. The predicted octanol–water partition coefficient (Wildman–Crippen LogP) is 3.13. The van der Waals surface area contributed by atoms with Crippen molar-refractivity contribution < 1.29 is 9.90 Å². The molecule has 4 fully saturated rings. The second-order valence-corrected chi connectivity index (χ2v) is 7.42. The van der Waals surface area contributed by atoms with Crippen molar-refractivity contribution in [1.29, 1.82) is 0 Å². The van der Waals surface area contributed by atoms with Gasteiger partial charge in [-0.25, -0.2) is 0 Å². The number of nitrogens with two attached hydrogens (primary N) is 1. The molecule has 5 rings (SSSR count). The summed E-state index contributed by atoms with van der Waals surface area (Å²) in [5, 5.41) is 12.4. The van der Waals surface area contributed by atoms with Gasteiger partial charge in [-0.2, -0.15) is 0 Å². The Bertz CT molecular complexity index is 561. The van der Waals surface area contributed by atoms with E-state index in [9.17, 15) is 9.90 Å². The lowest BCUT2D eigenvalue weighted by molar-refractivity contribution is -0.140. The number of aromatic hydroxyl groups is 1. The lowest BCUT2D eigenvalue weighted by atomic mass is 9.49. The van der Waals surface area contributed by atoms with Crippen LogP contribution in [0.15, 0.2) is 18.2 Å². The second kappa shape index (κ2) is 4.39. The summed E-state index contributed by atoms with van der Waals surface area (Å²) in [4.78, 5) is 12.9.